The average molecular weight is 505 g/mol. The fourth-order valence-corrected chi connectivity index (χ4v) is 5.28. The number of hydrogen-bond donors (Lipinski definition) is 3. The van der Waals surface area contributed by atoms with E-state index in [2.05, 4.69) is 25.9 Å². The number of fused-ring (bicyclic) bond motifs is 2. The number of piperidine rings is 1. The predicted molar refractivity (Wildman–Crippen MR) is 135 cm³/mol. The summed E-state index contributed by atoms with van der Waals surface area (Å²) in [6.07, 6.45) is 5.35. The topological polar surface area (TPSA) is 92.6 Å². The fraction of sp³-hybridized carbons (Fsp3) is 0.296. The van der Waals surface area contributed by atoms with E-state index in [4.69, 9.17) is 4.74 Å². The number of ether oxygens (including phenoxy) is 1. The SMILES string of the molecule is CCc1cc(Nc2nccn3c(-c4ccc(OC)c(F)c4F)cnc23)ccc1C(=O)NC1C2CNCC21. The van der Waals surface area contributed by atoms with Crippen LogP contribution in [-0.4, -0.2) is 46.5 Å². The number of carbonyl (C=O) groups excluding carboxylic acids is 1. The minimum Gasteiger partial charge on any atom is -0.494 e. The monoisotopic (exact) mass is 504 g/mol. The van der Waals surface area contributed by atoms with Gasteiger partial charge in [-0.15, -0.1) is 0 Å². The van der Waals surface area contributed by atoms with Gasteiger partial charge in [-0.25, -0.2) is 14.4 Å². The highest BCUT2D eigenvalue weighted by atomic mass is 19.2. The highest BCUT2D eigenvalue weighted by molar-refractivity contribution is 5.96. The predicted octanol–water partition coefficient (Wildman–Crippen LogP) is 3.94. The Kier molecular flexibility index (Phi) is 5.75. The molecule has 2 aromatic heterocycles. The van der Waals surface area contributed by atoms with Crippen LogP contribution in [-0.2, 0) is 6.42 Å². The highest BCUT2D eigenvalue weighted by Gasteiger charge is 2.53. The number of nitrogens with zero attached hydrogens (tertiary/aromatic N) is 3. The van der Waals surface area contributed by atoms with Gasteiger partial charge in [0.05, 0.1) is 19.0 Å². The lowest BCUT2D eigenvalue weighted by Gasteiger charge is -2.13. The van der Waals surface area contributed by atoms with Crippen molar-refractivity contribution in [3.63, 3.8) is 0 Å². The molecule has 6 rings (SSSR count). The van der Waals surface area contributed by atoms with Crippen molar-refractivity contribution >= 4 is 23.1 Å². The number of aromatic nitrogens is 3. The molecule has 2 atom stereocenters. The quantitative estimate of drug-likeness (QED) is 0.353. The van der Waals surface area contributed by atoms with E-state index in [-0.39, 0.29) is 23.3 Å². The largest absolute Gasteiger partial charge is 0.494 e. The smallest absolute Gasteiger partial charge is 0.251 e. The Morgan fingerprint density at radius 3 is 2.73 bits per heavy atom. The van der Waals surface area contributed by atoms with E-state index < -0.39 is 11.6 Å². The van der Waals surface area contributed by atoms with Crippen molar-refractivity contribution in [1.29, 1.82) is 0 Å². The minimum absolute atomic E-state index is 0.0466. The van der Waals surface area contributed by atoms with Crippen LogP contribution in [0.4, 0.5) is 20.3 Å². The van der Waals surface area contributed by atoms with Crippen molar-refractivity contribution in [2.75, 3.05) is 25.5 Å². The third kappa shape index (κ3) is 3.97. The van der Waals surface area contributed by atoms with E-state index in [1.54, 1.807) is 16.8 Å². The summed E-state index contributed by atoms with van der Waals surface area (Å²) in [6.45, 7) is 3.94. The van der Waals surface area contributed by atoms with Crippen molar-refractivity contribution in [3.8, 4) is 17.0 Å². The number of methoxy groups -OCH3 is 1. The third-order valence-electron chi connectivity index (χ3n) is 7.35. The Balaban J connectivity index is 1.27. The number of aryl methyl sites for hydroxylation is 1. The maximum Gasteiger partial charge on any atom is 0.251 e. The van der Waals surface area contributed by atoms with Gasteiger partial charge >= 0.3 is 0 Å². The molecule has 4 aromatic rings. The molecule has 0 radical (unpaired) electrons. The number of amides is 1. The fourth-order valence-electron chi connectivity index (χ4n) is 5.28. The van der Waals surface area contributed by atoms with Gasteiger partial charge in [0.25, 0.3) is 5.91 Å². The molecule has 2 aromatic carbocycles. The minimum atomic E-state index is -1.06. The molecular weight excluding hydrogens is 478 g/mol. The summed E-state index contributed by atoms with van der Waals surface area (Å²) in [5, 5.41) is 9.78. The normalized spacial score (nSPS) is 20.1. The second kappa shape index (κ2) is 9.11. The number of anilines is 2. The van der Waals surface area contributed by atoms with E-state index in [9.17, 15) is 13.6 Å². The van der Waals surface area contributed by atoms with Gasteiger partial charge in [-0.05, 0) is 54.2 Å². The zero-order chi connectivity index (χ0) is 25.7. The lowest BCUT2D eigenvalue weighted by molar-refractivity contribution is 0.0945. The van der Waals surface area contributed by atoms with E-state index in [0.717, 1.165) is 24.3 Å². The lowest BCUT2D eigenvalue weighted by atomic mass is 10.0. The number of nitrogens with one attached hydrogen (secondary N) is 3. The Bertz CT molecular complexity index is 1510. The standard InChI is InChI=1S/C27H26F2N6O2/c1-3-14-10-15(4-5-16(14)27(36)34-24-18-11-30-12-19(18)24)33-25-26-32-13-20(35(26)9-8-31-25)17-6-7-21(37-2)23(29)22(17)28/h4-10,13,18-19,24,30H,3,11-12H2,1-2H3,(H,31,33)(H,34,36). The maximum atomic E-state index is 14.8. The molecule has 2 unspecified atom stereocenters. The molecule has 2 aliphatic rings. The first kappa shape index (κ1) is 23.4. The van der Waals surface area contributed by atoms with Gasteiger partial charge < -0.3 is 20.7 Å². The molecule has 10 heteroatoms. The summed E-state index contributed by atoms with van der Waals surface area (Å²) >= 11 is 0. The van der Waals surface area contributed by atoms with Crippen molar-refractivity contribution in [3.05, 3.63) is 71.7 Å². The van der Waals surface area contributed by atoms with Gasteiger partial charge in [0, 0.05) is 48.3 Å². The van der Waals surface area contributed by atoms with Gasteiger partial charge in [-0.3, -0.25) is 9.20 Å². The molecule has 0 bridgehead atoms. The molecule has 1 amide bonds. The first-order valence-electron chi connectivity index (χ1n) is 12.3. The van der Waals surface area contributed by atoms with E-state index in [1.807, 2.05) is 25.1 Å². The van der Waals surface area contributed by atoms with Crippen LogP contribution >= 0.6 is 0 Å². The lowest BCUT2D eigenvalue weighted by Crippen LogP contribution is -2.33. The molecule has 37 heavy (non-hydrogen) atoms. The second-order valence-corrected chi connectivity index (χ2v) is 9.39. The van der Waals surface area contributed by atoms with Crippen molar-refractivity contribution in [2.24, 2.45) is 11.8 Å². The van der Waals surface area contributed by atoms with E-state index >= 15 is 0 Å². The summed E-state index contributed by atoms with van der Waals surface area (Å²) < 4.78 is 35.6. The van der Waals surface area contributed by atoms with Gasteiger partial charge in [0.15, 0.2) is 23.0 Å². The van der Waals surface area contributed by atoms with Crippen LogP contribution in [0, 0.1) is 23.5 Å². The van der Waals surface area contributed by atoms with Crippen LogP contribution in [0.2, 0.25) is 0 Å². The first-order chi connectivity index (χ1) is 18.0. The van der Waals surface area contributed by atoms with Crippen LogP contribution in [0.3, 0.4) is 0 Å². The molecule has 1 saturated carbocycles. The summed E-state index contributed by atoms with van der Waals surface area (Å²) in [6, 6.07) is 8.67. The van der Waals surface area contributed by atoms with Crippen LogP contribution in [0.15, 0.2) is 48.9 Å². The van der Waals surface area contributed by atoms with Gasteiger partial charge in [0.2, 0.25) is 5.82 Å². The molecule has 2 fully saturated rings. The van der Waals surface area contributed by atoms with Crippen molar-refractivity contribution in [2.45, 2.75) is 19.4 Å². The Morgan fingerprint density at radius 2 is 1.97 bits per heavy atom. The summed E-state index contributed by atoms with van der Waals surface area (Å²) in [5.74, 6) is -0.747. The number of halogens is 2. The number of carbonyl (C=O) groups is 1. The van der Waals surface area contributed by atoms with Crippen LogP contribution in [0.25, 0.3) is 16.9 Å². The zero-order valence-electron chi connectivity index (χ0n) is 20.4. The second-order valence-electron chi connectivity index (χ2n) is 9.39. The number of benzene rings is 2. The first-order valence-corrected chi connectivity index (χ1v) is 12.3. The maximum absolute atomic E-state index is 14.8. The number of rotatable bonds is 7. The zero-order valence-corrected chi connectivity index (χ0v) is 20.4. The van der Waals surface area contributed by atoms with Crippen LogP contribution in [0.5, 0.6) is 5.75 Å². The van der Waals surface area contributed by atoms with E-state index in [1.165, 1.54) is 25.4 Å². The number of imidazole rings is 1. The van der Waals surface area contributed by atoms with Gasteiger partial charge in [0.1, 0.15) is 0 Å². The molecule has 1 saturated heterocycles. The van der Waals surface area contributed by atoms with Gasteiger partial charge in [-0.1, -0.05) is 6.92 Å². The summed E-state index contributed by atoms with van der Waals surface area (Å²) in [7, 11) is 1.29. The average Bonchev–Trinajstić information content (AvgIpc) is 3.25. The van der Waals surface area contributed by atoms with E-state index in [0.29, 0.717) is 41.0 Å². The van der Waals surface area contributed by atoms with Gasteiger partial charge in [-0.2, -0.15) is 4.39 Å². The van der Waals surface area contributed by atoms with Crippen LogP contribution < -0.4 is 20.7 Å². The molecule has 0 spiro atoms. The van der Waals surface area contributed by atoms with Crippen molar-refractivity contribution in [1.82, 2.24) is 25.0 Å². The molecule has 3 heterocycles. The van der Waals surface area contributed by atoms with Crippen molar-refractivity contribution < 1.29 is 18.3 Å². The summed E-state index contributed by atoms with van der Waals surface area (Å²) in [5.41, 5.74) is 3.20. The Labute approximate surface area is 212 Å². The molecule has 8 nitrogen and oxygen atoms in total. The van der Waals surface area contributed by atoms with Crippen LogP contribution in [0.1, 0.15) is 22.8 Å². The Morgan fingerprint density at radius 1 is 1.16 bits per heavy atom. The third-order valence-corrected chi connectivity index (χ3v) is 7.35. The highest BCUT2D eigenvalue weighted by Crippen LogP contribution is 2.41. The Hall–Kier alpha value is -4.05. The molecule has 1 aliphatic heterocycles. The summed E-state index contributed by atoms with van der Waals surface area (Å²) in [4.78, 5) is 21.7. The molecule has 1 aliphatic carbocycles. The molecule has 3 N–H and O–H groups in total. The molecule has 190 valence electrons. The number of hydrogen-bond acceptors (Lipinski definition) is 6. The molecular formula is C27H26F2N6O2.